The Morgan fingerprint density at radius 2 is 1.71 bits per heavy atom. The Labute approximate surface area is 120 Å². The van der Waals surface area contributed by atoms with E-state index in [9.17, 15) is 4.79 Å². The molecule has 2 aromatic heterocycles. The van der Waals surface area contributed by atoms with Gasteiger partial charge in [0, 0.05) is 11.1 Å². The number of nitrogens with one attached hydrogen (secondary N) is 2. The molecule has 0 atom stereocenters. The molecule has 0 saturated carbocycles. The number of hydrogen-bond acceptors (Lipinski definition) is 2. The van der Waals surface area contributed by atoms with E-state index in [0.29, 0.717) is 0 Å². The standard InChI is InChI=1S/C17H12N2O2/c20-17-18-14-8-4-7-13(16(14)19-17)15-9-12(10-21-15)11-5-2-1-3-6-11/h1-10H,(H2,18,19,20). The average Bonchev–Trinajstić information content (AvgIpc) is 3.13. The maximum Gasteiger partial charge on any atom is 0.323 e. The highest BCUT2D eigenvalue weighted by atomic mass is 16.3. The van der Waals surface area contributed by atoms with Gasteiger partial charge in [-0.3, -0.25) is 0 Å². The number of para-hydroxylation sites is 1. The van der Waals surface area contributed by atoms with Crippen molar-refractivity contribution < 1.29 is 4.42 Å². The first kappa shape index (κ1) is 11.8. The van der Waals surface area contributed by atoms with E-state index >= 15 is 0 Å². The summed E-state index contributed by atoms with van der Waals surface area (Å²) in [6.07, 6.45) is 1.73. The number of H-pyrrole nitrogens is 2. The van der Waals surface area contributed by atoms with Gasteiger partial charge in [-0.25, -0.2) is 4.79 Å². The second-order valence-corrected chi connectivity index (χ2v) is 4.87. The molecular weight excluding hydrogens is 264 g/mol. The highest BCUT2D eigenvalue weighted by Gasteiger charge is 2.11. The number of rotatable bonds is 2. The zero-order valence-corrected chi connectivity index (χ0v) is 11.1. The van der Waals surface area contributed by atoms with Crippen LogP contribution in [0.4, 0.5) is 0 Å². The molecule has 0 aliphatic rings. The normalized spacial score (nSPS) is 11.0. The molecule has 4 heteroatoms. The first-order valence-electron chi connectivity index (χ1n) is 6.66. The van der Waals surface area contributed by atoms with E-state index in [4.69, 9.17) is 4.42 Å². The molecule has 21 heavy (non-hydrogen) atoms. The van der Waals surface area contributed by atoms with Crippen LogP contribution in [-0.2, 0) is 0 Å². The maximum absolute atomic E-state index is 11.5. The summed E-state index contributed by atoms with van der Waals surface area (Å²) in [5, 5.41) is 0. The van der Waals surface area contributed by atoms with E-state index in [1.54, 1.807) is 6.26 Å². The van der Waals surface area contributed by atoms with Crippen LogP contribution in [0, 0.1) is 0 Å². The molecule has 0 aliphatic carbocycles. The number of aromatic amines is 2. The van der Waals surface area contributed by atoms with Gasteiger partial charge in [-0.2, -0.15) is 0 Å². The monoisotopic (exact) mass is 276 g/mol. The summed E-state index contributed by atoms with van der Waals surface area (Å²) >= 11 is 0. The zero-order chi connectivity index (χ0) is 14.2. The molecule has 0 aliphatic heterocycles. The zero-order valence-electron chi connectivity index (χ0n) is 11.1. The summed E-state index contributed by atoms with van der Waals surface area (Å²) in [5.74, 6) is 0.731. The third kappa shape index (κ3) is 1.97. The summed E-state index contributed by atoms with van der Waals surface area (Å²) < 4.78 is 5.69. The number of imidazole rings is 1. The van der Waals surface area contributed by atoms with Crippen LogP contribution in [0.3, 0.4) is 0 Å². The highest BCUT2D eigenvalue weighted by molar-refractivity contribution is 5.90. The van der Waals surface area contributed by atoms with E-state index in [1.807, 2.05) is 54.6 Å². The van der Waals surface area contributed by atoms with Gasteiger partial charge in [-0.1, -0.05) is 36.4 Å². The van der Waals surface area contributed by atoms with E-state index < -0.39 is 0 Å². The molecule has 0 radical (unpaired) electrons. The Kier molecular flexibility index (Phi) is 2.54. The van der Waals surface area contributed by atoms with Gasteiger partial charge in [0.05, 0.1) is 17.3 Å². The van der Waals surface area contributed by atoms with Crippen LogP contribution >= 0.6 is 0 Å². The molecule has 0 unspecified atom stereocenters. The van der Waals surface area contributed by atoms with E-state index in [2.05, 4.69) is 9.97 Å². The minimum absolute atomic E-state index is 0.215. The first-order valence-corrected chi connectivity index (χ1v) is 6.66. The van der Waals surface area contributed by atoms with Gasteiger partial charge in [0.25, 0.3) is 0 Å². The lowest BCUT2D eigenvalue weighted by atomic mass is 10.1. The van der Waals surface area contributed by atoms with E-state index in [1.165, 1.54) is 0 Å². The first-order chi connectivity index (χ1) is 10.3. The van der Waals surface area contributed by atoms with Crippen LogP contribution in [0.25, 0.3) is 33.5 Å². The van der Waals surface area contributed by atoms with Gasteiger partial charge in [-0.05, 0) is 23.8 Å². The molecule has 2 N–H and O–H groups in total. The smallest absolute Gasteiger partial charge is 0.323 e. The lowest BCUT2D eigenvalue weighted by Gasteiger charge is -1.98. The molecule has 4 rings (SSSR count). The number of fused-ring (bicyclic) bond motifs is 1. The third-order valence-electron chi connectivity index (χ3n) is 3.52. The van der Waals surface area contributed by atoms with Crippen LogP contribution in [0.1, 0.15) is 0 Å². The van der Waals surface area contributed by atoms with Crippen molar-refractivity contribution in [1.29, 1.82) is 0 Å². The number of benzene rings is 2. The molecule has 4 aromatic rings. The fraction of sp³-hybridized carbons (Fsp3) is 0. The molecule has 2 aromatic carbocycles. The lowest BCUT2D eigenvalue weighted by molar-refractivity contribution is 0.583. The number of hydrogen-bond donors (Lipinski definition) is 2. The molecule has 0 bridgehead atoms. The van der Waals surface area contributed by atoms with Crippen LogP contribution in [0.2, 0.25) is 0 Å². The van der Waals surface area contributed by atoms with Crippen molar-refractivity contribution in [2.45, 2.75) is 0 Å². The summed E-state index contributed by atoms with van der Waals surface area (Å²) in [7, 11) is 0. The molecule has 4 nitrogen and oxygen atoms in total. The van der Waals surface area contributed by atoms with Crippen molar-refractivity contribution in [1.82, 2.24) is 9.97 Å². The third-order valence-corrected chi connectivity index (χ3v) is 3.52. The number of furan rings is 1. The average molecular weight is 276 g/mol. The predicted octanol–water partition coefficient (Wildman–Crippen LogP) is 3.78. The Balaban J connectivity index is 1.87. The van der Waals surface area contributed by atoms with Crippen molar-refractivity contribution in [2.24, 2.45) is 0 Å². The largest absolute Gasteiger partial charge is 0.464 e. The van der Waals surface area contributed by atoms with Crippen LogP contribution in [0.15, 0.2) is 70.1 Å². The summed E-state index contributed by atoms with van der Waals surface area (Å²) in [4.78, 5) is 17.0. The van der Waals surface area contributed by atoms with Crippen molar-refractivity contribution >= 4 is 11.0 Å². The second kappa shape index (κ2) is 4.52. The van der Waals surface area contributed by atoms with Gasteiger partial charge < -0.3 is 14.4 Å². The fourth-order valence-electron chi connectivity index (χ4n) is 2.52. The minimum Gasteiger partial charge on any atom is -0.464 e. The Morgan fingerprint density at radius 1 is 0.857 bits per heavy atom. The lowest BCUT2D eigenvalue weighted by Crippen LogP contribution is -1.99. The minimum atomic E-state index is -0.215. The molecule has 102 valence electrons. The molecule has 0 spiro atoms. The maximum atomic E-state index is 11.5. The molecule has 0 saturated heterocycles. The van der Waals surface area contributed by atoms with Gasteiger partial charge >= 0.3 is 5.69 Å². The Hall–Kier alpha value is -3.01. The topological polar surface area (TPSA) is 61.8 Å². The molecule has 0 fully saturated rings. The molecule has 2 heterocycles. The van der Waals surface area contributed by atoms with Gasteiger partial charge in [0.15, 0.2) is 0 Å². The van der Waals surface area contributed by atoms with Crippen molar-refractivity contribution in [3.8, 4) is 22.5 Å². The van der Waals surface area contributed by atoms with Crippen molar-refractivity contribution in [3.05, 3.63) is 71.3 Å². The van der Waals surface area contributed by atoms with Crippen molar-refractivity contribution in [2.75, 3.05) is 0 Å². The second-order valence-electron chi connectivity index (χ2n) is 4.87. The summed E-state index contributed by atoms with van der Waals surface area (Å²) in [5.41, 5.74) is 4.30. The molecular formula is C17H12N2O2. The molecule has 0 amide bonds. The van der Waals surface area contributed by atoms with Crippen molar-refractivity contribution in [3.63, 3.8) is 0 Å². The van der Waals surface area contributed by atoms with Gasteiger partial charge in [-0.15, -0.1) is 0 Å². The summed E-state index contributed by atoms with van der Waals surface area (Å²) in [6.45, 7) is 0. The highest BCUT2D eigenvalue weighted by Crippen LogP contribution is 2.31. The van der Waals surface area contributed by atoms with E-state index in [-0.39, 0.29) is 5.69 Å². The summed E-state index contributed by atoms with van der Waals surface area (Å²) in [6, 6.07) is 17.7. The Bertz CT molecular complexity index is 961. The fourth-order valence-corrected chi connectivity index (χ4v) is 2.52. The van der Waals surface area contributed by atoms with Gasteiger partial charge in [0.1, 0.15) is 5.76 Å². The van der Waals surface area contributed by atoms with Crippen LogP contribution < -0.4 is 5.69 Å². The SMILES string of the molecule is O=c1[nH]c2cccc(-c3cc(-c4ccccc4)co3)c2[nH]1. The van der Waals surface area contributed by atoms with E-state index in [0.717, 1.165) is 33.5 Å². The predicted molar refractivity (Wildman–Crippen MR) is 82.1 cm³/mol. The van der Waals surface area contributed by atoms with Crippen LogP contribution in [-0.4, -0.2) is 9.97 Å². The van der Waals surface area contributed by atoms with Crippen LogP contribution in [0.5, 0.6) is 0 Å². The quantitative estimate of drug-likeness (QED) is 0.585. The number of aromatic nitrogens is 2. The Morgan fingerprint density at radius 3 is 2.57 bits per heavy atom. The van der Waals surface area contributed by atoms with Gasteiger partial charge in [0.2, 0.25) is 0 Å².